The van der Waals surface area contributed by atoms with E-state index in [1.165, 1.54) is 25.6 Å². The highest BCUT2D eigenvalue weighted by Gasteiger charge is 2.45. The van der Waals surface area contributed by atoms with Gasteiger partial charge < -0.3 is 5.11 Å². The van der Waals surface area contributed by atoms with Crippen LogP contribution in [0.15, 0.2) is 18.6 Å². The summed E-state index contributed by atoms with van der Waals surface area (Å²) in [6.07, 6.45) is 8.80. The SMILES string of the molecule is O=C(O)C1CC2CCCCC2N1Cc1ccncn1. The van der Waals surface area contributed by atoms with Crippen molar-refractivity contribution in [3.8, 4) is 0 Å². The molecule has 102 valence electrons. The second-order valence-corrected chi connectivity index (χ2v) is 5.57. The number of carboxylic acids is 1. The lowest BCUT2D eigenvalue weighted by atomic mass is 9.85. The maximum Gasteiger partial charge on any atom is 0.320 e. The molecule has 0 radical (unpaired) electrons. The average Bonchev–Trinajstić information content (AvgIpc) is 2.79. The minimum Gasteiger partial charge on any atom is -0.480 e. The Morgan fingerprint density at radius 1 is 1.42 bits per heavy atom. The lowest BCUT2D eigenvalue weighted by Crippen LogP contribution is -2.41. The fraction of sp³-hybridized carbons (Fsp3) is 0.643. The Labute approximate surface area is 112 Å². The van der Waals surface area contributed by atoms with Crippen LogP contribution in [-0.4, -0.2) is 38.0 Å². The molecule has 3 unspecified atom stereocenters. The van der Waals surface area contributed by atoms with Gasteiger partial charge in [-0.2, -0.15) is 0 Å². The van der Waals surface area contributed by atoms with Gasteiger partial charge in [-0.3, -0.25) is 9.69 Å². The first-order valence-electron chi connectivity index (χ1n) is 6.99. The molecule has 2 heterocycles. The van der Waals surface area contributed by atoms with E-state index in [0.29, 0.717) is 18.5 Å². The molecule has 5 nitrogen and oxygen atoms in total. The maximum atomic E-state index is 11.5. The topological polar surface area (TPSA) is 66.3 Å². The third-order valence-electron chi connectivity index (χ3n) is 4.49. The zero-order chi connectivity index (χ0) is 13.2. The number of fused-ring (bicyclic) bond motifs is 1. The van der Waals surface area contributed by atoms with E-state index in [2.05, 4.69) is 14.9 Å². The van der Waals surface area contributed by atoms with E-state index in [1.807, 2.05) is 6.07 Å². The number of aromatic nitrogens is 2. The minimum atomic E-state index is -0.691. The minimum absolute atomic E-state index is 0.344. The quantitative estimate of drug-likeness (QED) is 0.897. The molecular formula is C14H19N3O2. The summed E-state index contributed by atoms with van der Waals surface area (Å²) >= 11 is 0. The molecule has 1 saturated heterocycles. The normalized spacial score (nSPS) is 31.1. The van der Waals surface area contributed by atoms with Crippen LogP contribution in [0.2, 0.25) is 0 Å². The Kier molecular flexibility index (Phi) is 3.46. The molecule has 1 saturated carbocycles. The predicted octanol–water partition coefficient (Wildman–Crippen LogP) is 1.69. The molecule has 1 aromatic rings. The molecule has 5 heteroatoms. The van der Waals surface area contributed by atoms with Gasteiger partial charge in [0.2, 0.25) is 0 Å². The van der Waals surface area contributed by atoms with E-state index in [0.717, 1.165) is 18.5 Å². The Morgan fingerprint density at radius 2 is 2.26 bits per heavy atom. The summed E-state index contributed by atoms with van der Waals surface area (Å²) in [5.41, 5.74) is 0.910. The molecule has 0 aromatic carbocycles. The van der Waals surface area contributed by atoms with Crippen LogP contribution in [0, 0.1) is 5.92 Å². The first-order chi connectivity index (χ1) is 9.25. The molecule has 2 aliphatic rings. The summed E-state index contributed by atoms with van der Waals surface area (Å²) in [6.45, 7) is 0.626. The van der Waals surface area contributed by atoms with E-state index in [9.17, 15) is 9.90 Å². The van der Waals surface area contributed by atoms with Gasteiger partial charge >= 0.3 is 5.97 Å². The van der Waals surface area contributed by atoms with Gasteiger partial charge in [0.15, 0.2) is 0 Å². The van der Waals surface area contributed by atoms with Crippen molar-refractivity contribution >= 4 is 5.97 Å². The Morgan fingerprint density at radius 3 is 3.00 bits per heavy atom. The van der Waals surface area contributed by atoms with Crippen molar-refractivity contribution in [2.45, 2.75) is 50.7 Å². The Balaban J connectivity index is 1.80. The van der Waals surface area contributed by atoms with Gasteiger partial charge in [0.25, 0.3) is 0 Å². The largest absolute Gasteiger partial charge is 0.480 e. The number of aliphatic carboxylic acids is 1. The van der Waals surface area contributed by atoms with E-state index in [-0.39, 0.29) is 6.04 Å². The standard InChI is InChI=1S/C14H19N3O2/c18-14(19)13-7-10-3-1-2-4-12(10)17(13)8-11-5-6-15-9-16-11/h5-6,9-10,12-13H,1-4,7-8H2,(H,18,19). The summed E-state index contributed by atoms with van der Waals surface area (Å²) in [5.74, 6) is -0.139. The molecule has 1 aromatic heterocycles. The monoisotopic (exact) mass is 261 g/mol. The van der Waals surface area contributed by atoms with Crippen molar-refractivity contribution in [3.05, 3.63) is 24.3 Å². The summed E-state index contributed by atoms with van der Waals surface area (Å²) in [6, 6.07) is 1.95. The number of hydrogen-bond donors (Lipinski definition) is 1. The van der Waals surface area contributed by atoms with Gasteiger partial charge in [0, 0.05) is 18.8 Å². The van der Waals surface area contributed by atoms with Crippen molar-refractivity contribution in [1.82, 2.24) is 14.9 Å². The highest BCUT2D eigenvalue weighted by molar-refractivity contribution is 5.74. The number of nitrogens with zero attached hydrogens (tertiary/aromatic N) is 3. The number of carbonyl (C=O) groups is 1. The van der Waals surface area contributed by atoms with Gasteiger partial charge in [-0.15, -0.1) is 0 Å². The van der Waals surface area contributed by atoms with E-state index in [1.54, 1.807) is 6.20 Å². The molecule has 1 aliphatic carbocycles. The zero-order valence-electron chi connectivity index (χ0n) is 10.9. The van der Waals surface area contributed by atoms with Crippen molar-refractivity contribution in [2.75, 3.05) is 0 Å². The highest BCUT2D eigenvalue weighted by Crippen LogP contribution is 2.40. The van der Waals surface area contributed by atoms with Crippen LogP contribution in [0.3, 0.4) is 0 Å². The first kappa shape index (κ1) is 12.5. The highest BCUT2D eigenvalue weighted by atomic mass is 16.4. The molecule has 3 atom stereocenters. The van der Waals surface area contributed by atoms with Crippen LogP contribution >= 0.6 is 0 Å². The first-order valence-corrected chi connectivity index (χ1v) is 6.99. The fourth-order valence-corrected chi connectivity index (χ4v) is 3.62. The van der Waals surface area contributed by atoms with Crippen molar-refractivity contribution in [1.29, 1.82) is 0 Å². The Hall–Kier alpha value is -1.49. The molecule has 1 N–H and O–H groups in total. The fourth-order valence-electron chi connectivity index (χ4n) is 3.62. The third-order valence-corrected chi connectivity index (χ3v) is 4.49. The molecule has 2 fully saturated rings. The zero-order valence-corrected chi connectivity index (χ0v) is 10.9. The van der Waals surface area contributed by atoms with E-state index < -0.39 is 5.97 Å². The van der Waals surface area contributed by atoms with Crippen molar-refractivity contribution < 1.29 is 9.90 Å². The summed E-state index contributed by atoms with van der Waals surface area (Å²) in [7, 11) is 0. The second-order valence-electron chi connectivity index (χ2n) is 5.57. The van der Waals surface area contributed by atoms with Crippen LogP contribution in [-0.2, 0) is 11.3 Å². The van der Waals surface area contributed by atoms with Crippen LogP contribution in [0.25, 0.3) is 0 Å². The third kappa shape index (κ3) is 2.47. The predicted molar refractivity (Wildman–Crippen MR) is 69.4 cm³/mol. The van der Waals surface area contributed by atoms with Crippen LogP contribution in [0.1, 0.15) is 37.8 Å². The number of rotatable bonds is 3. The Bertz CT molecular complexity index is 451. The smallest absolute Gasteiger partial charge is 0.320 e. The molecular weight excluding hydrogens is 242 g/mol. The molecule has 19 heavy (non-hydrogen) atoms. The summed E-state index contributed by atoms with van der Waals surface area (Å²) < 4.78 is 0. The van der Waals surface area contributed by atoms with Crippen molar-refractivity contribution in [3.63, 3.8) is 0 Å². The number of carboxylic acid groups (broad SMARTS) is 1. The average molecular weight is 261 g/mol. The van der Waals surface area contributed by atoms with Crippen LogP contribution in [0.4, 0.5) is 0 Å². The van der Waals surface area contributed by atoms with Crippen LogP contribution in [0.5, 0.6) is 0 Å². The molecule has 0 bridgehead atoms. The molecule has 0 spiro atoms. The summed E-state index contributed by atoms with van der Waals surface area (Å²) in [4.78, 5) is 21.8. The van der Waals surface area contributed by atoms with Crippen molar-refractivity contribution in [2.24, 2.45) is 5.92 Å². The maximum absolute atomic E-state index is 11.5. The van der Waals surface area contributed by atoms with Gasteiger partial charge in [-0.1, -0.05) is 12.8 Å². The van der Waals surface area contributed by atoms with Gasteiger partial charge in [0.05, 0.1) is 5.69 Å². The van der Waals surface area contributed by atoms with Gasteiger partial charge in [-0.05, 0) is 31.2 Å². The van der Waals surface area contributed by atoms with E-state index >= 15 is 0 Å². The lowest BCUT2D eigenvalue weighted by Gasteiger charge is -2.32. The molecule has 0 amide bonds. The van der Waals surface area contributed by atoms with Gasteiger partial charge in [0.1, 0.15) is 12.4 Å². The molecule has 3 rings (SSSR count). The lowest BCUT2D eigenvalue weighted by molar-refractivity contribution is -0.142. The second kappa shape index (κ2) is 5.25. The van der Waals surface area contributed by atoms with Gasteiger partial charge in [-0.25, -0.2) is 9.97 Å². The van der Waals surface area contributed by atoms with E-state index in [4.69, 9.17) is 0 Å². The number of likely N-dealkylation sites (tertiary alicyclic amines) is 1. The molecule has 1 aliphatic heterocycles. The number of hydrogen-bond acceptors (Lipinski definition) is 4. The summed E-state index contributed by atoms with van der Waals surface area (Å²) in [5, 5.41) is 9.43. The van der Waals surface area contributed by atoms with Crippen LogP contribution < -0.4 is 0 Å².